The zero-order valence-corrected chi connectivity index (χ0v) is 13.5. The van der Waals surface area contributed by atoms with E-state index in [2.05, 4.69) is 11.9 Å². The van der Waals surface area contributed by atoms with Gasteiger partial charge in [0.1, 0.15) is 0 Å². The predicted molar refractivity (Wildman–Crippen MR) is 85.8 cm³/mol. The lowest BCUT2D eigenvalue weighted by atomic mass is 9.88. The Bertz CT molecular complexity index is 265. The van der Waals surface area contributed by atoms with E-state index in [4.69, 9.17) is 0 Å². The van der Waals surface area contributed by atoms with Crippen molar-refractivity contribution < 1.29 is 4.79 Å². The van der Waals surface area contributed by atoms with Crippen molar-refractivity contribution in [1.29, 1.82) is 0 Å². The van der Waals surface area contributed by atoms with Crippen LogP contribution in [0.1, 0.15) is 103 Å². The van der Waals surface area contributed by atoms with Gasteiger partial charge in [0, 0.05) is 0 Å². The number of aliphatic imine (C=N–C) groups is 1. The Morgan fingerprint density at radius 3 is 1.25 bits per heavy atom. The van der Waals surface area contributed by atoms with E-state index in [9.17, 15) is 4.79 Å². The monoisotopic (exact) mass is 279 g/mol. The molecule has 0 spiro atoms. The van der Waals surface area contributed by atoms with Gasteiger partial charge in [0.05, 0.1) is 5.54 Å². The Labute approximate surface area is 125 Å². The standard InChI is InChI=1S/C18H33NO/c1-18(19-17-20)15-13-11-9-7-5-3-2-4-6-8-10-12-14-16-18/h2-16H2,1H3. The van der Waals surface area contributed by atoms with Gasteiger partial charge in [-0.3, -0.25) is 0 Å². The number of hydrogen-bond acceptors (Lipinski definition) is 2. The summed E-state index contributed by atoms with van der Waals surface area (Å²) in [7, 11) is 0. The van der Waals surface area contributed by atoms with Crippen LogP contribution >= 0.6 is 0 Å². The van der Waals surface area contributed by atoms with Crippen LogP contribution in [0.4, 0.5) is 0 Å². The molecule has 2 nitrogen and oxygen atoms in total. The van der Waals surface area contributed by atoms with Crippen LogP contribution < -0.4 is 0 Å². The van der Waals surface area contributed by atoms with Gasteiger partial charge in [-0.05, 0) is 19.8 Å². The highest BCUT2D eigenvalue weighted by molar-refractivity contribution is 5.34. The summed E-state index contributed by atoms with van der Waals surface area (Å²) in [5.74, 6) is 0. The summed E-state index contributed by atoms with van der Waals surface area (Å²) in [5, 5.41) is 0. The first kappa shape index (κ1) is 17.4. The van der Waals surface area contributed by atoms with Gasteiger partial charge in [-0.25, -0.2) is 4.79 Å². The Kier molecular flexibility index (Phi) is 9.66. The Hall–Kier alpha value is -0.620. The first-order valence-electron chi connectivity index (χ1n) is 8.86. The molecule has 20 heavy (non-hydrogen) atoms. The van der Waals surface area contributed by atoms with Crippen LogP contribution in [0.25, 0.3) is 0 Å². The molecule has 0 unspecified atom stereocenters. The second kappa shape index (κ2) is 11.1. The normalized spacial score (nSPS) is 23.6. The molecule has 1 aliphatic carbocycles. The van der Waals surface area contributed by atoms with Crippen molar-refractivity contribution in [3.05, 3.63) is 0 Å². The van der Waals surface area contributed by atoms with E-state index >= 15 is 0 Å². The fraction of sp³-hybridized carbons (Fsp3) is 0.944. The van der Waals surface area contributed by atoms with Gasteiger partial charge in [0.25, 0.3) is 0 Å². The molecule has 0 aliphatic heterocycles. The zero-order chi connectivity index (χ0) is 14.5. The van der Waals surface area contributed by atoms with E-state index in [1.807, 2.05) is 0 Å². The van der Waals surface area contributed by atoms with Crippen molar-refractivity contribution in [3.8, 4) is 0 Å². The van der Waals surface area contributed by atoms with Crippen molar-refractivity contribution in [1.82, 2.24) is 0 Å². The molecule has 1 rings (SSSR count). The molecule has 1 fully saturated rings. The highest BCUT2D eigenvalue weighted by Crippen LogP contribution is 2.26. The maximum atomic E-state index is 10.6. The van der Waals surface area contributed by atoms with Gasteiger partial charge in [-0.15, -0.1) is 0 Å². The second-order valence-corrected chi connectivity index (χ2v) is 6.80. The van der Waals surface area contributed by atoms with Gasteiger partial charge in [0.2, 0.25) is 6.08 Å². The van der Waals surface area contributed by atoms with E-state index in [1.165, 1.54) is 83.5 Å². The summed E-state index contributed by atoms with van der Waals surface area (Å²) in [6.07, 6.45) is 21.5. The fourth-order valence-corrected chi connectivity index (χ4v) is 3.30. The topological polar surface area (TPSA) is 29.4 Å². The second-order valence-electron chi connectivity index (χ2n) is 6.80. The van der Waals surface area contributed by atoms with Crippen molar-refractivity contribution in [2.24, 2.45) is 4.99 Å². The minimum atomic E-state index is -0.140. The van der Waals surface area contributed by atoms with Crippen LogP contribution in [0.15, 0.2) is 4.99 Å². The van der Waals surface area contributed by atoms with Crippen LogP contribution in [0.5, 0.6) is 0 Å². The molecule has 1 aliphatic rings. The highest BCUT2D eigenvalue weighted by atomic mass is 16.1. The zero-order valence-electron chi connectivity index (χ0n) is 13.5. The Morgan fingerprint density at radius 2 is 0.950 bits per heavy atom. The maximum absolute atomic E-state index is 10.6. The largest absolute Gasteiger partial charge is 0.235 e. The smallest absolute Gasteiger partial charge is 0.211 e. The molecule has 0 heterocycles. The minimum Gasteiger partial charge on any atom is -0.211 e. The molecule has 0 aromatic rings. The van der Waals surface area contributed by atoms with Crippen molar-refractivity contribution in [3.63, 3.8) is 0 Å². The van der Waals surface area contributed by atoms with Crippen LogP contribution in [-0.4, -0.2) is 11.6 Å². The van der Waals surface area contributed by atoms with Crippen molar-refractivity contribution >= 4 is 6.08 Å². The van der Waals surface area contributed by atoms with Gasteiger partial charge in [-0.2, -0.15) is 4.99 Å². The van der Waals surface area contributed by atoms with E-state index in [0.29, 0.717) is 0 Å². The number of hydrogen-bond donors (Lipinski definition) is 0. The summed E-state index contributed by atoms with van der Waals surface area (Å²) in [6, 6.07) is 0. The molecule has 0 bridgehead atoms. The SMILES string of the molecule is CC1(N=C=O)CCCCCCCCCCCCCCC1. The van der Waals surface area contributed by atoms with E-state index < -0.39 is 0 Å². The third-order valence-corrected chi connectivity index (χ3v) is 4.75. The van der Waals surface area contributed by atoms with E-state index in [0.717, 1.165) is 12.8 Å². The average Bonchev–Trinajstić information content (AvgIpc) is 2.42. The number of rotatable bonds is 1. The molecule has 0 atom stereocenters. The van der Waals surface area contributed by atoms with Crippen molar-refractivity contribution in [2.75, 3.05) is 0 Å². The first-order valence-corrected chi connectivity index (χ1v) is 8.86. The number of isocyanates is 1. The van der Waals surface area contributed by atoms with Gasteiger partial charge >= 0.3 is 0 Å². The molecule has 2 heteroatoms. The van der Waals surface area contributed by atoms with E-state index in [1.54, 1.807) is 6.08 Å². The molecule has 0 amide bonds. The molecule has 0 saturated heterocycles. The fourth-order valence-electron chi connectivity index (χ4n) is 3.30. The van der Waals surface area contributed by atoms with Crippen molar-refractivity contribution in [2.45, 2.75) is 109 Å². The molecule has 0 radical (unpaired) electrons. The molecule has 0 aromatic heterocycles. The predicted octanol–water partition coefficient (Wildman–Crippen LogP) is 5.95. The third kappa shape index (κ3) is 8.53. The third-order valence-electron chi connectivity index (χ3n) is 4.75. The van der Waals surface area contributed by atoms with Crippen LogP contribution in [0, 0.1) is 0 Å². The first-order chi connectivity index (χ1) is 9.77. The number of carbonyl (C=O) groups excluding carboxylic acids is 1. The Morgan fingerprint density at radius 1 is 0.650 bits per heavy atom. The summed E-state index contributed by atoms with van der Waals surface area (Å²) in [6.45, 7) is 2.14. The van der Waals surface area contributed by atoms with Crippen LogP contribution in [0.3, 0.4) is 0 Å². The lowest BCUT2D eigenvalue weighted by Gasteiger charge is -2.23. The lowest BCUT2D eigenvalue weighted by Crippen LogP contribution is -2.21. The Balaban J connectivity index is 2.37. The molecular formula is C18H33NO. The molecular weight excluding hydrogens is 246 g/mol. The highest BCUT2D eigenvalue weighted by Gasteiger charge is 2.22. The quantitative estimate of drug-likeness (QED) is 0.431. The van der Waals surface area contributed by atoms with Crippen LogP contribution in [-0.2, 0) is 4.79 Å². The maximum Gasteiger partial charge on any atom is 0.235 e. The summed E-state index contributed by atoms with van der Waals surface area (Å²) >= 11 is 0. The summed E-state index contributed by atoms with van der Waals surface area (Å²) in [4.78, 5) is 14.8. The van der Waals surface area contributed by atoms with Gasteiger partial charge in [0.15, 0.2) is 0 Å². The van der Waals surface area contributed by atoms with Gasteiger partial charge in [-0.1, -0.05) is 83.5 Å². The molecule has 0 N–H and O–H groups in total. The number of nitrogens with zero attached hydrogens (tertiary/aromatic N) is 1. The molecule has 1 saturated carbocycles. The lowest BCUT2D eigenvalue weighted by molar-refractivity contribution is 0.362. The average molecular weight is 279 g/mol. The molecule has 0 aromatic carbocycles. The van der Waals surface area contributed by atoms with Gasteiger partial charge < -0.3 is 0 Å². The summed E-state index contributed by atoms with van der Waals surface area (Å²) < 4.78 is 0. The molecule has 116 valence electrons. The minimum absolute atomic E-state index is 0.140. The van der Waals surface area contributed by atoms with Crippen LogP contribution in [0.2, 0.25) is 0 Å². The summed E-state index contributed by atoms with van der Waals surface area (Å²) in [5.41, 5.74) is -0.140. The van der Waals surface area contributed by atoms with E-state index in [-0.39, 0.29) is 5.54 Å².